The minimum Gasteiger partial charge on any atom is -0.744 e. The summed E-state index contributed by atoms with van der Waals surface area (Å²) in [6.07, 6.45) is 2.13. The van der Waals surface area contributed by atoms with Gasteiger partial charge in [-0.25, -0.2) is 8.42 Å². The van der Waals surface area contributed by atoms with Crippen LogP contribution in [0.1, 0.15) is 5.56 Å². The minimum absolute atomic E-state index is 0.178. The topological polar surface area (TPSA) is 61.1 Å². The SMILES string of the molecule is CSc1sc2c3ccccc3ccc2[n+]1C.Cc1ccc(S(=O)(=O)[O-])cc1. The van der Waals surface area contributed by atoms with E-state index in [0.717, 1.165) is 5.56 Å². The van der Waals surface area contributed by atoms with E-state index in [-0.39, 0.29) is 4.90 Å². The van der Waals surface area contributed by atoms with Crippen molar-refractivity contribution in [1.29, 1.82) is 0 Å². The van der Waals surface area contributed by atoms with Crippen molar-refractivity contribution in [2.45, 2.75) is 16.2 Å². The predicted octanol–water partition coefficient (Wildman–Crippen LogP) is 4.50. The number of rotatable bonds is 2. The smallest absolute Gasteiger partial charge is 0.297 e. The molecule has 27 heavy (non-hydrogen) atoms. The molecule has 4 aromatic rings. The van der Waals surface area contributed by atoms with E-state index in [1.165, 1.54) is 37.5 Å². The fourth-order valence-electron chi connectivity index (χ4n) is 2.74. The van der Waals surface area contributed by atoms with Gasteiger partial charge in [-0.2, -0.15) is 4.57 Å². The molecule has 0 aliphatic carbocycles. The first-order valence-corrected chi connectivity index (χ1v) is 11.6. The Kier molecular flexibility index (Phi) is 5.86. The molecule has 7 heteroatoms. The minimum atomic E-state index is -4.27. The van der Waals surface area contributed by atoms with Gasteiger partial charge in [-0.3, -0.25) is 0 Å². The third-order valence-electron chi connectivity index (χ3n) is 4.17. The second-order valence-electron chi connectivity index (χ2n) is 6.03. The zero-order chi connectivity index (χ0) is 19.6. The number of fused-ring (bicyclic) bond motifs is 3. The number of hydrogen-bond donors (Lipinski definition) is 0. The van der Waals surface area contributed by atoms with Crippen LogP contribution in [0.2, 0.25) is 0 Å². The first-order chi connectivity index (χ1) is 12.8. The molecule has 4 nitrogen and oxygen atoms in total. The molecule has 0 N–H and O–H groups in total. The molecule has 4 rings (SSSR count). The molecule has 140 valence electrons. The van der Waals surface area contributed by atoms with E-state index in [1.54, 1.807) is 12.1 Å². The lowest BCUT2D eigenvalue weighted by Gasteiger charge is -2.05. The summed E-state index contributed by atoms with van der Waals surface area (Å²) in [6.45, 7) is 1.82. The highest BCUT2D eigenvalue weighted by Gasteiger charge is 2.17. The first kappa shape index (κ1) is 19.8. The number of nitrogens with zero attached hydrogens (tertiary/aromatic N) is 1. The van der Waals surface area contributed by atoms with E-state index in [2.05, 4.69) is 54.3 Å². The van der Waals surface area contributed by atoms with Crippen molar-refractivity contribution in [2.24, 2.45) is 7.05 Å². The normalized spacial score (nSPS) is 11.4. The van der Waals surface area contributed by atoms with Gasteiger partial charge in [0.05, 0.1) is 4.90 Å². The van der Waals surface area contributed by atoms with Gasteiger partial charge >= 0.3 is 0 Å². The van der Waals surface area contributed by atoms with Crippen molar-refractivity contribution in [1.82, 2.24) is 0 Å². The fourth-order valence-corrected chi connectivity index (χ4v) is 5.18. The second-order valence-corrected chi connectivity index (χ2v) is 9.47. The van der Waals surface area contributed by atoms with Crippen LogP contribution in [0.25, 0.3) is 21.0 Å². The third kappa shape index (κ3) is 4.32. The van der Waals surface area contributed by atoms with Crippen LogP contribution in [0.15, 0.2) is 69.9 Å². The molecule has 0 unspecified atom stereocenters. The van der Waals surface area contributed by atoms with Crippen LogP contribution in [-0.4, -0.2) is 19.2 Å². The number of hydrogen-bond acceptors (Lipinski definition) is 5. The summed E-state index contributed by atoms with van der Waals surface area (Å²) in [6, 6.07) is 18.8. The van der Waals surface area contributed by atoms with E-state index in [1.807, 2.05) is 30.0 Å². The lowest BCUT2D eigenvalue weighted by Crippen LogP contribution is -2.27. The van der Waals surface area contributed by atoms with Crippen molar-refractivity contribution >= 4 is 54.2 Å². The molecule has 0 amide bonds. The molecule has 0 saturated heterocycles. The average molecular weight is 418 g/mol. The van der Waals surface area contributed by atoms with Gasteiger partial charge in [0.25, 0.3) is 4.34 Å². The van der Waals surface area contributed by atoms with Crippen LogP contribution in [0, 0.1) is 6.92 Å². The summed E-state index contributed by atoms with van der Waals surface area (Å²) < 4.78 is 36.2. The van der Waals surface area contributed by atoms with Gasteiger partial charge in [-0.15, -0.1) is 0 Å². The zero-order valence-corrected chi connectivity index (χ0v) is 17.6. The summed E-state index contributed by atoms with van der Waals surface area (Å²) in [5.41, 5.74) is 2.26. The maximum absolute atomic E-state index is 10.4. The van der Waals surface area contributed by atoms with Crippen LogP contribution < -0.4 is 4.57 Å². The molecule has 0 aliphatic heterocycles. The molecule has 0 saturated carbocycles. The summed E-state index contributed by atoms with van der Waals surface area (Å²) in [7, 11) is -2.13. The van der Waals surface area contributed by atoms with E-state index in [0.29, 0.717) is 0 Å². The highest BCUT2D eigenvalue weighted by Crippen LogP contribution is 2.32. The zero-order valence-electron chi connectivity index (χ0n) is 15.2. The Morgan fingerprint density at radius 3 is 2.30 bits per heavy atom. The number of aromatic nitrogens is 1. The van der Waals surface area contributed by atoms with Gasteiger partial charge < -0.3 is 4.55 Å². The Morgan fingerprint density at radius 2 is 1.67 bits per heavy atom. The van der Waals surface area contributed by atoms with Gasteiger partial charge in [0.1, 0.15) is 21.9 Å². The van der Waals surface area contributed by atoms with Crippen molar-refractivity contribution in [2.75, 3.05) is 6.26 Å². The van der Waals surface area contributed by atoms with Gasteiger partial charge in [0.2, 0.25) is 5.52 Å². The molecule has 3 aromatic carbocycles. The Morgan fingerprint density at radius 1 is 1.00 bits per heavy atom. The van der Waals surface area contributed by atoms with Crippen molar-refractivity contribution < 1.29 is 17.5 Å². The number of thiazole rings is 1. The van der Waals surface area contributed by atoms with Crippen molar-refractivity contribution in [3.05, 3.63) is 66.2 Å². The van der Waals surface area contributed by atoms with Crippen LogP contribution >= 0.6 is 23.1 Å². The Balaban J connectivity index is 0.000000168. The number of aryl methyl sites for hydroxylation is 2. The number of benzene rings is 3. The Hall–Kier alpha value is -1.93. The molecule has 0 atom stereocenters. The highest BCUT2D eigenvalue weighted by atomic mass is 32.2. The predicted molar refractivity (Wildman–Crippen MR) is 111 cm³/mol. The Bertz CT molecular complexity index is 1200. The highest BCUT2D eigenvalue weighted by molar-refractivity contribution is 8.00. The van der Waals surface area contributed by atoms with E-state index < -0.39 is 10.1 Å². The lowest BCUT2D eigenvalue weighted by atomic mass is 10.1. The maximum Gasteiger partial charge on any atom is 0.297 e. The van der Waals surface area contributed by atoms with Crippen LogP contribution in [0.3, 0.4) is 0 Å². The summed E-state index contributed by atoms with van der Waals surface area (Å²) in [4.78, 5) is -0.178. The van der Waals surface area contributed by atoms with Crippen LogP contribution in [0.4, 0.5) is 0 Å². The van der Waals surface area contributed by atoms with Crippen molar-refractivity contribution in [3.8, 4) is 0 Å². The molecule has 0 radical (unpaired) electrons. The van der Waals surface area contributed by atoms with E-state index in [4.69, 9.17) is 0 Å². The summed E-state index contributed by atoms with van der Waals surface area (Å²) in [5.74, 6) is 0. The number of thioether (sulfide) groups is 1. The molecule has 0 bridgehead atoms. The lowest BCUT2D eigenvalue weighted by molar-refractivity contribution is -0.676. The largest absolute Gasteiger partial charge is 0.744 e. The molecule has 0 fully saturated rings. The second kappa shape index (κ2) is 7.98. The standard InChI is InChI=1S/C13H12NS2.C7H8O3S/c1-14-11-8-7-9-5-3-4-6-10(9)12(11)16-13(14)15-2;1-6-2-4-7(5-3-6)11(8,9)10/h3-8H,1-2H3;2-5H,1H3,(H,8,9,10)/q+1;/p-1. The van der Waals surface area contributed by atoms with Gasteiger partial charge in [-0.05, 0) is 48.5 Å². The Labute approximate surface area is 167 Å². The first-order valence-electron chi connectivity index (χ1n) is 8.18. The molecule has 0 spiro atoms. The third-order valence-corrected chi connectivity index (χ3v) is 7.47. The average Bonchev–Trinajstić information content (AvgIpc) is 2.98. The molecular formula is C20H19NO3S3. The van der Waals surface area contributed by atoms with Crippen molar-refractivity contribution in [3.63, 3.8) is 0 Å². The molecular weight excluding hydrogens is 398 g/mol. The van der Waals surface area contributed by atoms with Crippen LogP contribution in [-0.2, 0) is 17.2 Å². The molecule has 0 aliphatic rings. The van der Waals surface area contributed by atoms with E-state index in [9.17, 15) is 13.0 Å². The van der Waals surface area contributed by atoms with E-state index >= 15 is 0 Å². The van der Waals surface area contributed by atoms with Gasteiger partial charge in [-0.1, -0.05) is 53.3 Å². The fraction of sp³-hybridized carbons (Fsp3) is 0.150. The monoisotopic (exact) mass is 417 g/mol. The maximum atomic E-state index is 10.4. The quantitative estimate of drug-likeness (QED) is 0.274. The molecule has 1 aromatic heterocycles. The van der Waals surface area contributed by atoms with Crippen LogP contribution in [0.5, 0.6) is 0 Å². The molecule has 1 heterocycles. The van der Waals surface area contributed by atoms with Gasteiger partial charge in [0, 0.05) is 11.5 Å². The summed E-state index contributed by atoms with van der Waals surface area (Å²) in [5, 5.41) is 2.69. The van der Waals surface area contributed by atoms with Gasteiger partial charge in [0.15, 0.2) is 0 Å². The summed E-state index contributed by atoms with van der Waals surface area (Å²) >= 11 is 3.69.